The number of nitrogens with two attached hydrogens (primary N) is 1. The molecule has 17 heavy (non-hydrogen) atoms. The number of halogens is 3. The van der Waals surface area contributed by atoms with Crippen molar-refractivity contribution in [2.45, 2.75) is 18.0 Å². The predicted molar refractivity (Wildman–Crippen MR) is 55.3 cm³/mol. The number of aryl methyl sites for hydroxylation is 1. The van der Waals surface area contributed by atoms with E-state index < -0.39 is 22.7 Å². The average Bonchev–Trinajstić information content (AvgIpc) is 2.15. The van der Waals surface area contributed by atoms with Gasteiger partial charge < -0.3 is 0 Å². The van der Waals surface area contributed by atoms with Crippen molar-refractivity contribution in [1.82, 2.24) is 4.41 Å². The van der Waals surface area contributed by atoms with Crippen LogP contribution < -0.4 is 5.84 Å². The first kappa shape index (κ1) is 13.9. The summed E-state index contributed by atoms with van der Waals surface area (Å²) in [5.74, 6) is 4.93. The van der Waals surface area contributed by atoms with Gasteiger partial charge in [0.2, 0.25) is 0 Å². The van der Waals surface area contributed by atoms with Gasteiger partial charge in [-0.15, -0.1) is 4.41 Å². The van der Waals surface area contributed by atoms with Gasteiger partial charge in [0, 0.05) is 0 Å². The first-order chi connectivity index (χ1) is 7.63. The Hall–Kier alpha value is -1.12. The van der Waals surface area contributed by atoms with E-state index in [-0.39, 0.29) is 9.31 Å². The fraction of sp³-hybridized carbons (Fsp3) is 0.333. The number of alkyl halides is 3. The molecule has 0 aliphatic carbocycles. The zero-order chi connectivity index (χ0) is 13.3. The maximum atomic E-state index is 12.0. The summed E-state index contributed by atoms with van der Waals surface area (Å²) in [7, 11) is -4.30. The molecular weight excluding hydrogens is 257 g/mol. The van der Waals surface area contributed by atoms with Crippen molar-refractivity contribution in [2.75, 3.05) is 6.54 Å². The summed E-state index contributed by atoms with van der Waals surface area (Å²) >= 11 is 0. The van der Waals surface area contributed by atoms with Crippen molar-refractivity contribution >= 4 is 10.0 Å². The third kappa shape index (κ3) is 3.69. The minimum Gasteiger partial charge on any atom is -0.254 e. The second-order valence-electron chi connectivity index (χ2n) is 3.48. The minimum atomic E-state index is -4.67. The Morgan fingerprint density at radius 3 is 2.12 bits per heavy atom. The number of nitrogens with zero attached hydrogens (tertiary/aromatic N) is 1. The molecule has 0 saturated heterocycles. The minimum absolute atomic E-state index is 0.211. The van der Waals surface area contributed by atoms with E-state index in [0.717, 1.165) is 5.56 Å². The lowest BCUT2D eigenvalue weighted by atomic mass is 10.2. The van der Waals surface area contributed by atoms with Crippen LogP contribution in [-0.2, 0) is 10.0 Å². The quantitative estimate of drug-likeness (QED) is 0.666. The van der Waals surface area contributed by atoms with Gasteiger partial charge in [-0.05, 0) is 19.1 Å². The SMILES string of the molecule is Cc1ccc(S(=O)(=O)N(N)CC(F)(F)F)cc1. The van der Waals surface area contributed by atoms with Crippen LogP contribution in [0.4, 0.5) is 13.2 Å². The Bertz CT molecular complexity index is 482. The standard InChI is InChI=1S/C9H11F3N2O2S/c1-7-2-4-8(5-3-7)17(15,16)14(13)6-9(10,11)12/h2-5H,6,13H2,1H3. The normalized spacial score (nSPS) is 13.1. The lowest BCUT2D eigenvalue weighted by Crippen LogP contribution is -2.43. The molecule has 0 fully saturated rings. The van der Waals surface area contributed by atoms with Crippen molar-refractivity contribution in [3.63, 3.8) is 0 Å². The molecule has 0 heterocycles. The molecule has 1 aromatic rings. The Morgan fingerprint density at radius 2 is 1.71 bits per heavy atom. The van der Waals surface area contributed by atoms with Crippen LogP contribution in [0.1, 0.15) is 5.56 Å². The number of sulfonamides is 1. The molecule has 0 bridgehead atoms. The van der Waals surface area contributed by atoms with E-state index in [1.54, 1.807) is 6.92 Å². The van der Waals surface area contributed by atoms with E-state index in [0.29, 0.717) is 0 Å². The van der Waals surface area contributed by atoms with Crippen LogP contribution >= 0.6 is 0 Å². The summed E-state index contributed by atoms with van der Waals surface area (Å²) in [6, 6.07) is 5.38. The second kappa shape index (κ2) is 4.63. The maximum Gasteiger partial charge on any atom is 0.403 e. The fourth-order valence-corrected chi connectivity index (χ4v) is 2.17. The highest BCUT2D eigenvalue weighted by Gasteiger charge is 2.35. The molecule has 0 aliphatic heterocycles. The Kier molecular flexibility index (Phi) is 3.80. The zero-order valence-corrected chi connectivity index (χ0v) is 9.72. The lowest BCUT2D eigenvalue weighted by molar-refractivity contribution is -0.136. The van der Waals surface area contributed by atoms with Gasteiger partial charge in [-0.1, -0.05) is 17.7 Å². The summed E-state index contributed by atoms with van der Waals surface area (Å²) in [6.07, 6.45) is -4.67. The molecule has 96 valence electrons. The van der Waals surface area contributed by atoms with E-state index in [4.69, 9.17) is 5.84 Å². The molecule has 0 aromatic heterocycles. The molecule has 1 rings (SSSR count). The Morgan fingerprint density at radius 1 is 1.24 bits per heavy atom. The first-order valence-electron chi connectivity index (χ1n) is 4.54. The molecular formula is C9H11F3N2O2S. The Balaban J connectivity index is 2.99. The van der Waals surface area contributed by atoms with E-state index in [1.165, 1.54) is 24.3 Å². The highest BCUT2D eigenvalue weighted by atomic mass is 32.2. The van der Waals surface area contributed by atoms with Gasteiger partial charge in [0.25, 0.3) is 10.0 Å². The Labute approximate surface area is 96.9 Å². The second-order valence-corrected chi connectivity index (χ2v) is 5.37. The lowest BCUT2D eigenvalue weighted by Gasteiger charge is -2.18. The molecule has 0 atom stereocenters. The summed E-state index contributed by atoms with van der Waals surface area (Å²) in [4.78, 5) is -0.269. The topological polar surface area (TPSA) is 63.4 Å². The third-order valence-corrected chi connectivity index (χ3v) is 3.58. The first-order valence-corrected chi connectivity index (χ1v) is 5.98. The third-order valence-electron chi connectivity index (χ3n) is 1.96. The number of hydrogen-bond donors (Lipinski definition) is 1. The van der Waals surface area contributed by atoms with Crippen LogP contribution in [0.15, 0.2) is 29.2 Å². The van der Waals surface area contributed by atoms with Crippen LogP contribution in [0.5, 0.6) is 0 Å². The van der Waals surface area contributed by atoms with Crippen LogP contribution in [0.3, 0.4) is 0 Å². The number of hydrogen-bond acceptors (Lipinski definition) is 3. The van der Waals surface area contributed by atoms with E-state index in [1.807, 2.05) is 0 Å². The van der Waals surface area contributed by atoms with Crippen molar-refractivity contribution in [3.05, 3.63) is 29.8 Å². The zero-order valence-electron chi connectivity index (χ0n) is 8.90. The monoisotopic (exact) mass is 268 g/mol. The average molecular weight is 268 g/mol. The molecule has 0 spiro atoms. The van der Waals surface area contributed by atoms with E-state index in [2.05, 4.69) is 0 Å². The molecule has 4 nitrogen and oxygen atoms in total. The van der Waals surface area contributed by atoms with Crippen LogP contribution in [0.2, 0.25) is 0 Å². The largest absolute Gasteiger partial charge is 0.403 e. The van der Waals surface area contributed by atoms with Gasteiger partial charge >= 0.3 is 6.18 Å². The van der Waals surface area contributed by atoms with Gasteiger partial charge in [0.05, 0.1) is 4.90 Å². The van der Waals surface area contributed by atoms with Gasteiger partial charge in [0.1, 0.15) is 6.54 Å². The number of benzene rings is 1. The molecule has 8 heteroatoms. The number of hydrazine groups is 1. The van der Waals surface area contributed by atoms with Gasteiger partial charge in [-0.3, -0.25) is 5.84 Å². The van der Waals surface area contributed by atoms with Crippen molar-refractivity contribution in [1.29, 1.82) is 0 Å². The van der Waals surface area contributed by atoms with Crippen LogP contribution in [-0.4, -0.2) is 25.6 Å². The maximum absolute atomic E-state index is 12.0. The van der Waals surface area contributed by atoms with Crippen molar-refractivity contribution in [3.8, 4) is 0 Å². The van der Waals surface area contributed by atoms with E-state index in [9.17, 15) is 21.6 Å². The molecule has 2 N–H and O–H groups in total. The molecule has 0 aliphatic rings. The smallest absolute Gasteiger partial charge is 0.254 e. The fourth-order valence-electron chi connectivity index (χ4n) is 1.11. The number of rotatable bonds is 3. The van der Waals surface area contributed by atoms with Crippen molar-refractivity contribution in [2.24, 2.45) is 5.84 Å². The summed E-state index contributed by atoms with van der Waals surface area (Å²) in [6.45, 7) is 0.00946. The molecule has 0 radical (unpaired) electrons. The van der Waals surface area contributed by atoms with Crippen LogP contribution in [0, 0.1) is 6.92 Å². The van der Waals surface area contributed by atoms with E-state index >= 15 is 0 Å². The van der Waals surface area contributed by atoms with Crippen LogP contribution in [0.25, 0.3) is 0 Å². The van der Waals surface area contributed by atoms with Crippen molar-refractivity contribution < 1.29 is 21.6 Å². The highest BCUT2D eigenvalue weighted by Crippen LogP contribution is 2.20. The summed E-state index contributed by atoms with van der Waals surface area (Å²) in [5.41, 5.74) is 0.795. The van der Waals surface area contributed by atoms with Gasteiger partial charge in [-0.25, -0.2) is 8.42 Å². The predicted octanol–water partition coefficient (Wildman–Crippen LogP) is 1.42. The molecule has 0 saturated carbocycles. The van der Waals surface area contributed by atoms with Gasteiger partial charge in [-0.2, -0.15) is 13.2 Å². The molecule has 0 amide bonds. The molecule has 0 unspecified atom stereocenters. The summed E-state index contributed by atoms with van der Waals surface area (Å²) in [5, 5.41) is 0. The summed E-state index contributed by atoms with van der Waals surface area (Å²) < 4.78 is 59.1. The van der Waals surface area contributed by atoms with Gasteiger partial charge in [0.15, 0.2) is 0 Å². The highest BCUT2D eigenvalue weighted by molar-refractivity contribution is 7.89. The molecule has 1 aromatic carbocycles.